The van der Waals surface area contributed by atoms with Gasteiger partial charge in [0, 0.05) is 93.3 Å². The average molecular weight is 762 g/mol. The predicted octanol–water partition coefficient (Wildman–Crippen LogP) is 0.475. The van der Waals surface area contributed by atoms with Crippen molar-refractivity contribution in [3.63, 3.8) is 0 Å². The molecule has 5 heavy (non-hydrogen) atoms. The Labute approximate surface area is 105 Å². The Kier molecular flexibility index (Phi) is 129. The summed E-state index contributed by atoms with van der Waals surface area (Å²) in [6, 6.07) is 0. The van der Waals surface area contributed by atoms with Crippen LogP contribution < -0.4 is 0 Å². The molecule has 0 aliphatic rings. The van der Waals surface area contributed by atoms with E-state index in [0.29, 0.717) is 0 Å². The molecule has 1 nitrogen and oxygen atoms in total. The molecule has 0 aromatic carbocycles. The van der Waals surface area contributed by atoms with E-state index < -0.39 is 0 Å². The van der Waals surface area contributed by atoms with Crippen LogP contribution >= 0.6 is 9.12 Å². The molecule has 0 heterocycles. The molecular formula is HOPU3. The van der Waals surface area contributed by atoms with Gasteiger partial charge in [-0.1, -0.05) is 0 Å². The number of hydrogen-bond acceptors (Lipinski definition) is 1. The van der Waals surface area contributed by atoms with E-state index in [9.17, 15) is 0 Å². The van der Waals surface area contributed by atoms with Crippen molar-refractivity contribution in [3.05, 3.63) is 0 Å². The van der Waals surface area contributed by atoms with Gasteiger partial charge in [-0.25, -0.2) is 0 Å². The van der Waals surface area contributed by atoms with Crippen LogP contribution in [0, 0.1) is 93.3 Å². The molecule has 0 aliphatic carbocycles. The Morgan fingerprint density at radius 1 is 0.800 bits per heavy atom. The number of rotatable bonds is 0. The van der Waals surface area contributed by atoms with Crippen molar-refractivity contribution in [2.45, 2.75) is 0 Å². The third-order valence-corrected chi connectivity index (χ3v) is 0. The van der Waals surface area contributed by atoms with Crippen LogP contribution in [0.2, 0.25) is 0 Å². The monoisotopic (exact) mass is 762 g/mol. The predicted molar refractivity (Wildman–Crippen MR) is 9.00 cm³/mol. The van der Waals surface area contributed by atoms with Crippen LogP contribution in [0.3, 0.4) is 0 Å². The normalized spacial score (nSPS) is 0.800. The Balaban J connectivity index is -0.00000000167. The van der Waals surface area contributed by atoms with Crippen molar-refractivity contribution in [1.29, 1.82) is 0 Å². The van der Waals surface area contributed by atoms with Gasteiger partial charge in [0.25, 0.3) is 0 Å². The van der Waals surface area contributed by atoms with E-state index >= 15 is 0 Å². The van der Waals surface area contributed by atoms with E-state index in [1.807, 2.05) is 0 Å². The zero-order valence-electron chi connectivity index (χ0n) is 2.41. The first kappa shape index (κ1) is 24.0. The third kappa shape index (κ3) is 18.9. The topological polar surface area (TPSA) is 17.1 Å². The maximum Gasteiger partial charge on any atom is 0.138 e. The van der Waals surface area contributed by atoms with Gasteiger partial charge in [0.15, 0.2) is 0 Å². The first-order valence-electron chi connectivity index (χ1n) is 0.204. The van der Waals surface area contributed by atoms with Crippen LogP contribution in [-0.4, -0.2) is 0 Å². The zero-order chi connectivity index (χ0) is 2.00. The summed E-state index contributed by atoms with van der Waals surface area (Å²) in [6.45, 7) is 0. The van der Waals surface area contributed by atoms with Gasteiger partial charge in [-0.15, -0.1) is 0 Å². The summed E-state index contributed by atoms with van der Waals surface area (Å²) in [4.78, 5) is 0. The molecule has 24 valence electrons. The molecule has 5 heteroatoms. The van der Waals surface area contributed by atoms with E-state index in [4.69, 9.17) is 4.57 Å². The molecule has 0 radical (unpaired) electrons. The minimum atomic E-state index is 0. The van der Waals surface area contributed by atoms with Crippen molar-refractivity contribution in [3.8, 4) is 0 Å². The van der Waals surface area contributed by atoms with Gasteiger partial charge in [0.05, 0.1) is 0 Å². The second-order valence-corrected chi connectivity index (χ2v) is 0. The van der Waals surface area contributed by atoms with Crippen molar-refractivity contribution >= 4 is 9.12 Å². The minimum absolute atomic E-state index is 0. The van der Waals surface area contributed by atoms with E-state index in [2.05, 4.69) is 0 Å². The van der Waals surface area contributed by atoms with Crippen LogP contribution in [0.4, 0.5) is 0 Å². The Hall–Kier alpha value is 3.26. The smallest absolute Gasteiger partial charge is 0.138 e. The maximum atomic E-state index is 8.06. The molecule has 0 amide bonds. The van der Waals surface area contributed by atoms with Crippen molar-refractivity contribution in [2.75, 3.05) is 0 Å². The molecule has 0 aromatic heterocycles. The Bertz CT molecular complexity index is 6.85. The third-order valence-electron chi connectivity index (χ3n) is 0. The largest absolute Gasteiger partial charge is 0.279 e. The van der Waals surface area contributed by atoms with E-state index in [0.717, 1.165) is 0 Å². The number of hydrogen-bond donors (Lipinski definition) is 0. The Morgan fingerprint density at radius 2 is 0.800 bits per heavy atom. The summed E-state index contributed by atoms with van der Waals surface area (Å²) >= 11 is 0. The average Bonchev–Trinajstić information content (AvgIpc) is 1.00. The van der Waals surface area contributed by atoms with Gasteiger partial charge in [-0.3, -0.25) is 4.57 Å². The van der Waals surface area contributed by atoms with Crippen LogP contribution in [0.1, 0.15) is 0 Å². The molecule has 0 aromatic rings. The fourth-order valence-corrected chi connectivity index (χ4v) is 0. The van der Waals surface area contributed by atoms with Gasteiger partial charge in [0.1, 0.15) is 9.12 Å². The van der Waals surface area contributed by atoms with Crippen LogP contribution in [0.5, 0.6) is 0 Å². The summed E-state index contributed by atoms with van der Waals surface area (Å²) in [6.07, 6.45) is 0. The quantitative estimate of drug-likeness (QED) is 0.329. The van der Waals surface area contributed by atoms with Crippen LogP contribution in [-0.2, 0) is 4.57 Å². The van der Waals surface area contributed by atoms with Gasteiger partial charge in [-0.05, 0) is 0 Å². The molecule has 0 rings (SSSR count). The van der Waals surface area contributed by atoms with Crippen molar-refractivity contribution in [1.82, 2.24) is 0 Å². The summed E-state index contributed by atoms with van der Waals surface area (Å²) < 4.78 is 8.06. The zero-order valence-corrected chi connectivity index (χ0v) is 15.9. The molecule has 0 atom stereocenters. The molecule has 0 N–H and O–H groups in total. The molecule has 0 aliphatic heterocycles. The van der Waals surface area contributed by atoms with Crippen LogP contribution in [0.25, 0.3) is 0 Å². The summed E-state index contributed by atoms with van der Waals surface area (Å²) in [5, 5.41) is 0. The molecule has 0 fully saturated rings. The molecule has 0 bridgehead atoms. The molecule has 0 spiro atoms. The Morgan fingerprint density at radius 3 is 0.800 bits per heavy atom. The first-order chi connectivity index (χ1) is 1.00. The van der Waals surface area contributed by atoms with Crippen LogP contribution in [0.15, 0.2) is 0 Å². The fraction of sp³-hybridized carbons (Fsp3) is 0. The van der Waals surface area contributed by atoms with Gasteiger partial charge >= 0.3 is 0 Å². The van der Waals surface area contributed by atoms with Crippen molar-refractivity contribution in [2.24, 2.45) is 0 Å². The summed E-state index contributed by atoms with van der Waals surface area (Å²) in [5.74, 6) is 0. The molecule has 0 saturated carbocycles. The molecule has 0 saturated heterocycles. The summed E-state index contributed by atoms with van der Waals surface area (Å²) in [5.41, 5.74) is 0. The molecule has 0 unspecified atom stereocenters. The maximum absolute atomic E-state index is 8.06. The minimum Gasteiger partial charge on any atom is -0.279 e. The SMILES string of the molecule is O=P.[U].[U].[U]. The first-order valence-corrected chi connectivity index (χ1v) is 0.612. The van der Waals surface area contributed by atoms with Gasteiger partial charge < -0.3 is 0 Å². The van der Waals surface area contributed by atoms with E-state index in [-0.39, 0.29) is 93.3 Å². The molecular weight excluding hydrogens is 761 g/mol. The second-order valence-electron chi connectivity index (χ2n) is 0. The standard InChI is InChI=1S/HOP.3U/c1-2;;;/h2H;;;. The fourth-order valence-electron chi connectivity index (χ4n) is 0. The second kappa shape index (κ2) is 26.8. The van der Waals surface area contributed by atoms with E-state index in [1.54, 1.807) is 9.12 Å². The van der Waals surface area contributed by atoms with E-state index in [1.165, 1.54) is 0 Å². The van der Waals surface area contributed by atoms with Crippen molar-refractivity contribution < 1.29 is 97.9 Å². The van der Waals surface area contributed by atoms with Gasteiger partial charge in [-0.2, -0.15) is 0 Å². The summed E-state index contributed by atoms with van der Waals surface area (Å²) in [7, 11) is 1.72. The van der Waals surface area contributed by atoms with Gasteiger partial charge in [0.2, 0.25) is 0 Å².